The molecule has 6 heteroatoms. The van der Waals surface area contributed by atoms with Crippen LogP contribution in [0, 0.1) is 10.7 Å². The molecular formula is C12H10FN3O2. The van der Waals surface area contributed by atoms with Crippen molar-refractivity contribution in [3.8, 4) is 11.5 Å². The van der Waals surface area contributed by atoms with Gasteiger partial charge in [-0.1, -0.05) is 0 Å². The number of halogens is 1. The molecule has 1 aromatic carbocycles. The fraction of sp³-hybridized carbons (Fsp3) is 0.0833. The number of pyridine rings is 1. The lowest BCUT2D eigenvalue weighted by Crippen LogP contribution is -2.00. The van der Waals surface area contributed by atoms with Gasteiger partial charge in [0.1, 0.15) is 11.4 Å². The molecule has 1 aromatic heterocycles. The molecule has 0 unspecified atom stereocenters. The summed E-state index contributed by atoms with van der Waals surface area (Å²) in [4.78, 5) is 14.1. The molecule has 0 saturated carbocycles. The van der Waals surface area contributed by atoms with E-state index in [9.17, 15) is 9.30 Å². The normalized spacial score (nSPS) is 10.1. The summed E-state index contributed by atoms with van der Waals surface area (Å²) in [5, 5.41) is 2.64. The molecule has 2 aromatic rings. The van der Waals surface area contributed by atoms with Gasteiger partial charge in [0.05, 0.1) is 0 Å². The van der Waals surface area contributed by atoms with E-state index in [1.165, 1.54) is 18.3 Å². The van der Waals surface area contributed by atoms with Gasteiger partial charge in [-0.05, 0) is 23.4 Å². The zero-order valence-corrected chi connectivity index (χ0v) is 9.34. The molecule has 92 valence electrons. The fourth-order valence-corrected chi connectivity index (χ4v) is 1.42. The van der Waals surface area contributed by atoms with Crippen molar-refractivity contribution in [3.05, 3.63) is 52.9 Å². The van der Waals surface area contributed by atoms with E-state index < -0.39 is 5.82 Å². The van der Waals surface area contributed by atoms with Crippen molar-refractivity contribution in [2.45, 2.75) is 6.54 Å². The molecule has 0 atom stereocenters. The van der Waals surface area contributed by atoms with Crippen molar-refractivity contribution < 1.29 is 9.13 Å². The van der Waals surface area contributed by atoms with Gasteiger partial charge in [-0.3, -0.25) is 4.98 Å². The standard InChI is InChI=1S/C12H10FN3O2/c13-10-5-9(16-17)1-2-12(10)18-11-3-4-15-7-8(11)6-14/h1-5,7H,6,14H2. The molecule has 2 N–H and O–H groups in total. The summed E-state index contributed by atoms with van der Waals surface area (Å²) < 4.78 is 19.0. The van der Waals surface area contributed by atoms with Gasteiger partial charge in [-0.15, -0.1) is 4.91 Å². The molecule has 0 fully saturated rings. The van der Waals surface area contributed by atoms with Crippen molar-refractivity contribution in [2.75, 3.05) is 0 Å². The predicted octanol–water partition coefficient (Wildman–Crippen LogP) is 2.87. The highest BCUT2D eigenvalue weighted by atomic mass is 19.1. The Kier molecular flexibility index (Phi) is 3.59. The van der Waals surface area contributed by atoms with E-state index in [2.05, 4.69) is 10.2 Å². The van der Waals surface area contributed by atoms with Crippen molar-refractivity contribution in [3.63, 3.8) is 0 Å². The molecular weight excluding hydrogens is 237 g/mol. The summed E-state index contributed by atoms with van der Waals surface area (Å²) in [7, 11) is 0. The highest BCUT2D eigenvalue weighted by molar-refractivity contribution is 5.44. The Morgan fingerprint density at radius 3 is 2.83 bits per heavy atom. The SMILES string of the molecule is NCc1cnccc1Oc1ccc(N=O)cc1F. The summed E-state index contributed by atoms with van der Waals surface area (Å²) in [5.74, 6) is -0.228. The van der Waals surface area contributed by atoms with Crippen LogP contribution in [0.2, 0.25) is 0 Å². The highest BCUT2D eigenvalue weighted by Crippen LogP contribution is 2.29. The molecule has 0 spiro atoms. The summed E-state index contributed by atoms with van der Waals surface area (Å²) in [6, 6.07) is 5.31. The molecule has 0 aliphatic rings. The number of aromatic nitrogens is 1. The van der Waals surface area contributed by atoms with E-state index in [-0.39, 0.29) is 18.0 Å². The topological polar surface area (TPSA) is 77.6 Å². The van der Waals surface area contributed by atoms with E-state index in [1.54, 1.807) is 12.3 Å². The van der Waals surface area contributed by atoms with Crippen LogP contribution in [0.15, 0.2) is 41.8 Å². The van der Waals surface area contributed by atoms with Crippen molar-refractivity contribution in [1.82, 2.24) is 4.98 Å². The molecule has 5 nitrogen and oxygen atoms in total. The van der Waals surface area contributed by atoms with E-state index in [1.807, 2.05) is 0 Å². The minimum Gasteiger partial charge on any atom is -0.454 e. The van der Waals surface area contributed by atoms with Gasteiger partial charge in [0.25, 0.3) is 0 Å². The lowest BCUT2D eigenvalue weighted by Gasteiger charge is -2.09. The summed E-state index contributed by atoms with van der Waals surface area (Å²) in [6.07, 6.45) is 3.07. The predicted molar refractivity (Wildman–Crippen MR) is 64.1 cm³/mol. The number of rotatable bonds is 4. The first kappa shape index (κ1) is 12.1. The monoisotopic (exact) mass is 247 g/mol. The number of ether oxygens (including phenoxy) is 1. The number of hydrogen-bond donors (Lipinski definition) is 1. The zero-order valence-electron chi connectivity index (χ0n) is 9.34. The Hall–Kier alpha value is -2.34. The van der Waals surface area contributed by atoms with Gasteiger partial charge in [0, 0.05) is 30.6 Å². The summed E-state index contributed by atoms with van der Waals surface area (Å²) in [6.45, 7) is 0.235. The third kappa shape index (κ3) is 2.49. The lowest BCUT2D eigenvalue weighted by molar-refractivity contribution is 0.437. The van der Waals surface area contributed by atoms with Crippen molar-refractivity contribution in [2.24, 2.45) is 10.9 Å². The Morgan fingerprint density at radius 1 is 1.33 bits per heavy atom. The van der Waals surface area contributed by atoms with E-state index in [0.717, 1.165) is 6.07 Å². The quantitative estimate of drug-likeness (QED) is 0.842. The first-order valence-electron chi connectivity index (χ1n) is 5.18. The molecule has 0 radical (unpaired) electrons. The highest BCUT2D eigenvalue weighted by Gasteiger charge is 2.09. The van der Waals surface area contributed by atoms with Crippen LogP contribution in [-0.4, -0.2) is 4.98 Å². The van der Waals surface area contributed by atoms with E-state index in [0.29, 0.717) is 11.3 Å². The van der Waals surface area contributed by atoms with Crippen molar-refractivity contribution in [1.29, 1.82) is 0 Å². The van der Waals surface area contributed by atoms with Gasteiger partial charge < -0.3 is 10.5 Å². The van der Waals surface area contributed by atoms with Gasteiger partial charge in [0.2, 0.25) is 0 Å². The molecule has 2 rings (SSSR count). The molecule has 18 heavy (non-hydrogen) atoms. The average Bonchev–Trinajstić information content (AvgIpc) is 2.41. The Balaban J connectivity index is 2.31. The van der Waals surface area contributed by atoms with Crippen LogP contribution in [-0.2, 0) is 6.54 Å². The summed E-state index contributed by atoms with van der Waals surface area (Å²) in [5.41, 5.74) is 6.19. The van der Waals surface area contributed by atoms with Crippen LogP contribution in [0.25, 0.3) is 0 Å². The van der Waals surface area contributed by atoms with Crippen LogP contribution in [0.1, 0.15) is 5.56 Å². The molecule has 0 amide bonds. The second-order valence-corrected chi connectivity index (χ2v) is 3.50. The summed E-state index contributed by atoms with van der Waals surface area (Å²) >= 11 is 0. The van der Waals surface area contributed by atoms with Crippen molar-refractivity contribution >= 4 is 5.69 Å². The van der Waals surface area contributed by atoms with Gasteiger partial charge in [-0.25, -0.2) is 4.39 Å². The third-order valence-corrected chi connectivity index (χ3v) is 2.32. The average molecular weight is 247 g/mol. The first-order chi connectivity index (χ1) is 8.74. The fourth-order valence-electron chi connectivity index (χ4n) is 1.42. The first-order valence-corrected chi connectivity index (χ1v) is 5.18. The Bertz CT molecular complexity index is 575. The maximum atomic E-state index is 13.6. The molecule has 1 heterocycles. The van der Waals surface area contributed by atoms with Gasteiger partial charge in [-0.2, -0.15) is 0 Å². The molecule has 0 saturated heterocycles. The lowest BCUT2D eigenvalue weighted by atomic mass is 10.2. The van der Waals surface area contributed by atoms with Crippen LogP contribution >= 0.6 is 0 Å². The second-order valence-electron chi connectivity index (χ2n) is 3.50. The number of benzene rings is 1. The zero-order chi connectivity index (χ0) is 13.0. The number of nitrogens with zero attached hydrogens (tertiary/aromatic N) is 2. The van der Waals surface area contributed by atoms with Crippen LogP contribution in [0.5, 0.6) is 11.5 Å². The number of nitroso groups, excluding NO2 is 1. The minimum absolute atomic E-state index is 0.00306. The van der Waals surface area contributed by atoms with Gasteiger partial charge in [0.15, 0.2) is 11.6 Å². The molecule has 0 aliphatic heterocycles. The minimum atomic E-state index is -0.660. The number of nitrogens with two attached hydrogens (primary N) is 1. The van der Waals surface area contributed by atoms with Crippen LogP contribution in [0.3, 0.4) is 0 Å². The van der Waals surface area contributed by atoms with Crippen LogP contribution in [0.4, 0.5) is 10.1 Å². The smallest absolute Gasteiger partial charge is 0.167 e. The van der Waals surface area contributed by atoms with Crippen LogP contribution < -0.4 is 10.5 Å². The van der Waals surface area contributed by atoms with Gasteiger partial charge >= 0.3 is 0 Å². The maximum absolute atomic E-state index is 13.6. The largest absolute Gasteiger partial charge is 0.454 e. The second kappa shape index (κ2) is 5.33. The van der Waals surface area contributed by atoms with E-state index in [4.69, 9.17) is 10.5 Å². The number of hydrogen-bond acceptors (Lipinski definition) is 5. The Morgan fingerprint density at radius 2 is 2.17 bits per heavy atom. The Labute approximate surface area is 102 Å². The van der Waals surface area contributed by atoms with E-state index >= 15 is 0 Å². The third-order valence-electron chi connectivity index (χ3n) is 2.32. The maximum Gasteiger partial charge on any atom is 0.167 e. The molecule has 0 aliphatic carbocycles. The molecule has 0 bridgehead atoms.